The second-order valence-corrected chi connectivity index (χ2v) is 4.96. The average Bonchev–Trinajstić information content (AvgIpc) is 2.41. The van der Waals surface area contributed by atoms with Crippen LogP contribution in [0.3, 0.4) is 0 Å². The van der Waals surface area contributed by atoms with E-state index in [4.69, 9.17) is 5.84 Å². The van der Waals surface area contributed by atoms with E-state index in [0.29, 0.717) is 5.56 Å². The monoisotopic (exact) mass is 319 g/mol. The number of nitrogens with two attached hydrogens (primary N) is 1. The number of amides is 1. The zero-order valence-electron chi connectivity index (χ0n) is 10.4. The summed E-state index contributed by atoms with van der Waals surface area (Å²) in [5, 5.41) is 2.87. The lowest BCUT2D eigenvalue weighted by Gasteiger charge is -2.10. The minimum Gasteiger partial charge on any atom is -0.324 e. The molecule has 0 radical (unpaired) electrons. The fourth-order valence-electron chi connectivity index (χ4n) is 1.76. The molecule has 2 aromatic rings. The Morgan fingerprint density at radius 1 is 1.21 bits per heavy atom. The molecule has 5 heteroatoms. The standard InChI is InChI=1S/C14H14BrN3O/c1-9-8-10(18-16)6-7-11(9)14(19)17-13-5-3-2-4-12(13)15/h2-8,18H,16H2,1H3,(H,17,19). The summed E-state index contributed by atoms with van der Waals surface area (Å²) in [4.78, 5) is 12.2. The van der Waals surface area contributed by atoms with Gasteiger partial charge in [-0.25, -0.2) is 0 Å². The highest BCUT2D eigenvalue weighted by Crippen LogP contribution is 2.23. The molecule has 0 aliphatic carbocycles. The largest absolute Gasteiger partial charge is 0.324 e. The van der Waals surface area contributed by atoms with Gasteiger partial charge in [-0.1, -0.05) is 12.1 Å². The van der Waals surface area contributed by atoms with Crippen molar-refractivity contribution < 1.29 is 4.79 Å². The lowest BCUT2D eigenvalue weighted by atomic mass is 10.1. The number of anilines is 2. The molecule has 0 heterocycles. The SMILES string of the molecule is Cc1cc(NN)ccc1C(=O)Nc1ccccc1Br. The number of hydrogen-bond donors (Lipinski definition) is 3. The van der Waals surface area contributed by atoms with Crippen molar-refractivity contribution in [3.8, 4) is 0 Å². The number of carbonyl (C=O) groups is 1. The summed E-state index contributed by atoms with van der Waals surface area (Å²) in [5.74, 6) is 5.19. The van der Waals surface area contributed by atoms with E-state index in [1.54, 1.807) is 12.1 Å². The van der Waals surface area contributed by atoms with Crippen molar-refractivity contribution >= 4 is 33.2 Å². The van der Waals surface area contributed by atoms with Crippen molar-refractivity contribution in [3.05, 3.63) is 58.1 Å². The smallest absolute Gasteiger partial charge is 0.255 e. The molecule has 4 N–H and O–H groups in total. The van der Waals surface area contributed by atoms with Crippen LogP contribution in [0.15, 0.2) is 46.9 Å². The maximum atomic E-state index is 12.2. The number of aryl methyl sites for hydroxylation is 1. The van der Waals surface area contributed by atoms with Gasteiger partial charge in [-0.3, -0.25) is 10.6 Å². The Balaban J connectivity index is 2.23. The van der Waals surface area contributed by atoms with Gasteiger partial charge in [-0.15, -0.1) is 0 Å². The fourth-order valence-corrected chi connectivity index (χ4v) is 2.14. The van der Waals surface area contributed by atoms with E-state index in [1.807, 2.05) is 37.3 Å². The molecule has 19 heavy (non-hydrogen) atoms. The topological polar surface area (TPSA) is 67.1 Å². The van der Waals surface area contributed by atoms with Crippen LogP contribution >= 0.6 is 15.9 Å². The number of rotatable bonds is 3. The second-order valence-electron chi connectivity index (χ2n) is 4.11. The van der Waals surface area contributed by atoms with Gasteiger partial charge in [-0.2, -0.15) is 0 Å². The highest BCUT2D eigenvalue weighted by molar-refractivity contribution is 9.10. The summed E-state index contributed by atoms with van der Waals surface area (Å²) in [6.07, 6.45) is 0. The molecule has 0 unspecified atom stereocenters. The quantitative estimate of drug-likeness (QED) is 0.600. The van der Waals surface area contributed by atoms with Crippen molar-refractivity contribution in [1.29, 1.82) is 0 Å². The molecular weight excluding hydrogens is 306 g/mol. The molecule has 0 fully saturated rings. The number of nitrogens with one attached hydrogen (secondary N) is 2. The Bertz CT molecular complexity index is 613. The normalized spacial score (nSPS) is 10.1. The van der Waals surface area contributed by atoms with Crippen molar-refractivity contribution in [1.82, 2.24) is 0 Å². The van der Waals surface area contributed by atoms with Crippen molar-refractivity contribution in [2.45, 2.75) is 6.92 Å². The van der Waals surface area contributed by atoms with Crippen molar-refractivity contribution in [3.63, 3.8) is 0 Å². The zero-order valence-corrected chi connectivity index (χ0v) is 12.0. The number of benzene rings is 2. The molecule has 4 nitrogen and oxygen atoms in total. The van der Waals surface area contributed by atoms with Gasteiger partial charge in [0, 0.05) is 15.7 Å². The number of para-hydroxylation sites is 1. The van der Waals surface area contributed by atoms with Gasteiger partial charge in [0.1, 0.15) is 0 Å². The summed E-state index contributed by atoms with van der Waals surface area (Å²) in [7, 11) is 0. The van der Waals surface area contributed by atoms with Gasteiger partial charge in [0.25, 0.3) is 5.91 Å². The van der Waals surface area contributed by atoms with E-state index in [0.717, 1.165) is 21.4 Å². The lowest BCUT2D eigenvalue weighted by molar-refractivity contribution is 0.102. The van der Waals surface area contributed by atoms with Gasteiger partial charge in [0.15, 0.2) is 0 Å². The van der Waals surface area contributed by atoms with Gasteiger partial charge in [-0.05, 0) is 58.7 Å². The van der Waals surface area contributed by atoms with Gasteiger partial charge >= 0.3 is 0 Å². The van der Waals surface area contributed by atoms with Crippen LogP contribution in [-0.4, -0.2) is 5.91 Å². The first-order valence-electron chi connectivity index (χ1n) is 5.75. The van der Waals surface area contributed by atoms with E-state index in [1.165, 1.54) is 0 Å². The Morgan fingerprint density at radius 3 is 2.58 bits per heavy atom. The van der Waals surface area contributed by atoms with Gasteiger partial charge in [0.05, 0.1) is 5.69 Å². The molecular formula is C14H14BrN3O. The molecule has 0 bridgehead atoms. The van der Waals surface area contributed by atoms with E-state index < -0.39 is 0 Å². The lowest BCUT2D eigenvalue weighted by Crippen LogP contribution is -2.14. The van der Waals surface area contributed by atoms with E-state index in [2.05, 4.69) is 26.7 Å². The minimum absolute atomic E-state index is 0.145. The van der Waals surface area contributed by atoms with Crippen LogP contribution in [0.2, 0.25) is 0 Å². The first-order valence-corrected chi connectivity index (χ1v) is 6.54. The number of hydrogen-bond acceptors (Lipinski definition) is 3. The van der Waals surface area contributed by atoms with Crippen LogP contribution in [0, 0.1) is 6.92 Å². The van der Waals surface area contributed by atoms with Crippen LogP contribution in [0.4, 0.5) is 11.4 Å². The van der Waals surface area contributed by atoms with Crippen LogP contribution in [0.5, 0.6) is 0 Å². The molecule has 0 saturated carbocycles. The third-order valence-corrected chi connectivity index (χ3v) is 3.45. The van der Waals surface area contributed by atoms with Crippen LogP contribution < -0.4 is 16.6 Å². The number of carbonyl (C=O) groups excluding carboxylic acids is 1. The molecule has 0 spiro atoms. The predicted molar refractivity (Wildman–Crippen MR) is 81.1 cm³/mol. The van der Waals surface area contributed by atoms with E-state index in [-0.39, 0.29) is 5.91 Å². The highest BCUT2D eigenvalue weighted by atomic mass is 79.9. The fraction of sp³-hybridized carbons (Fsp3) is 0.0714. The summed E-state index contributed by atoms with van der Waals surface area (Å²) in [5.41, 5.74) is 5.55. The van der Waals surface area contributed by atoms with Crippen molar-refractivity contribution in [2.24, 2.45) is 5.84 Å². The molecule has 0 aromatic heterocycles. The van der Waals surface area contributed by atoms with Gasteiger partial charge < -0.3 is 10.7 Å². The molecule has 2 aromatic carbocycles. The molecule has 0 aliphatic rings. The van der Waals surface area contributed by atoms with Crippen LogP contribution in [0.25, 0.3) is 0 Å². The maximum Gasteiger partial charge on any atom is 0.255 e. The molecule has 2 rings (SSSR count). The molecule has 1 amide bonds. The third kappa shape index (κ3) is 3.13. The average molecular weight is 320 g/mol. The van der Waals surface area contributed by atoms with Crippen LogP contribution in [0.1, 0.15) is 15.9 Å². The third-order valence-electron chi connectivity index (χ3n) is 2.76. The first-order chi connectivity index (χ1) is 9.11. The second kappa shape index (κ2) is 5.86. The Hall–Kier alpha value is -1.85. The Kier molecular flexibility index (Phi) is 4.19. The van der Waals surface area contributed by atoms with Gasteiger partial charge in [0.2, 0.25) is 0 Å². The summed E-state index contributed by atoms with van der Waals surface area (Å²) >= 11 is 3.40. The van der Waals surface area contributed by atoms with Crippen LogP contribution in [-0.2, 0) is 0 Å². The van der Waals surface area contributed by atoms with E-state index in [9.17, 15) is 4.79 Å². The maximum absolute atomic E-state index is 12.2. The summed E-state index contributed by atoms with van der Waals surface area (Å²) in [6, 6.07) is 12.8. The number of nitrogen functional groups attached to an aromatic ring is 1. The minimum atomic E-state index is -0.145. The zero-order chi connectivity index (χ0) is 13.8. The Labute approximate surface area is 120 Å². The Morgan fingerprint density at radius 2 is 1.95 bits per heavy atom. The number of hydrazine groups is 1. The first kappa shape index (κ1) is 13.6. The predicted octanol–water partition coefficient (Wildman–Crippen LogP) is 3.30. The number of halogens is 1. The summed E-state index contributed by atoms with van der Waals surface area (Å²) < 4.78 is 0.848. The van der Waals surface area contributed by atoms with Crippen molar-refractivity contribution in [2.75, 3.05) is 10.7 Å². The highest BCUT2D eigenvalue weighted by Gasteiger charge is 2.10. The van der Waals surface area contributed by atoms with E-state index >= 15 is 0 Å². The molecule has 0 aliphatic heterocycles. The molecule has 0 saturated heterocycles. The summed E-state index contributed by atoms with van der Waals surface area (Å²) in [6.45, 7) is 1.87. The molecule has 98 valence electrons. The molecule has 0 atom stereocenters.